The van der Waals surface area contributed by atoms with E-state index >= 15 is 0 Å². The van der Waals surface area contributed by atoms with Crippen molar-refractivity contribution in [1.82, 2.24) is 19.4 Å². The summed E-state index contributed by atoms with van der Waals surface area (Å²) in [5, 5.41) is 8.99. The molecule has 1 atom stereocenters. The normalized spacial score (nSPS) is 23.6. The summed E-state index contributed by atoms with van der Waals surface area (Å²) in [5.74, 6) is 2.49. The van der Waals surface area contributed by atoms with Gasteiger partial charge in [-0.3, -0.25) is 4.90 Å². The van der Waals surface area contributed by atoms with E-state index in [-0.39, 0.29) is 0 Å². The van der Waals surface area contributed by atoms with Crippen molar-refractivity contribution >= 4 is 21.7 Å². The van der Waals surface area contributed by atoms with E-state index in [0.29, 0.717) is 43.8 Å². The van der Waals surface area contributed by atoms with Crippen LogP contribution in [0.4, 0.5) is 11.6 Å². The third-order valence-electron chi connectivity index (χ3n) is 7.68. The molecule has 11 heteroatoms. The lowest BCUT2D eigenvalue weighted by atomic mass is 10.2. The van der Waals surface area contributed by atoms with Gasteiger partial charge in [-0.25, -0.2) is 8.42 Å². The Hall–Kier alpha value is -2.47. The molecular weight excluding hydrogens is 480 g/mol. The van der Waals surface area contributed by atoms with Crippen LogP contribution in [0, 0.1) is 0 Å². The maximum Gasteiger partial charge on any atom is 0.243 e. The Morgan fingerprint density at radius 2 is 1.56 bits per heavy atom. The summed E-state index contributed by atoms with van der Waals surface area (Å²) in [5.41, 5.74) is 0.967. The number of sulfonamides is 1. The van der Waals surface area contributed by atoms with Crippen LogP contribution >= 0.6 is 0 Å². The van der Waals surface area contributed by atoms with Gasteiger partial charge in [-0.05, 0) is 48.7 Å². The van der Waals surface area contributed by atoms with Crippen LogP contribution in [-0.2, 0) is 21.2 Å². The van der Waals surface area contributed by atoms with Gasteiger partial charge in [0.15, 0.2) is 11.6 Å². The van der Waals surface area contributed by atoms with E-state index in [9.17, 15) is 8.42 Å². The molecule has 0 saturated carbocycles. The molecule has 2 aromatic rings. The highest BCUT2D eigenvalue weighted by Gasteiger charge is 2.30. The molecule has 0 bridgehead atoms. The van der Waals surface area contributed by atoms with Crippen molar-refractivity contribution in [2.24, 2.45) is 0 Å². The first-order chi connectivity index (χ1) is 17.6. The molecule has 6 rings (SSSR count). The molecule has 3 fully saturated rings. The molecule has 4 aliphatic rings. The number of nitrogens with zero attached hydrogens (tertiary/aromatic N) is 6. The monoisotopic (exact) mass is 514 g/mol. The van der Waals surface area contributed by atoms with Crippen molar-refractivity contribution in [3.63, 3.8) is 0 Å². The molecule has 5 heterocycles. The summed E-state index contributed by atoms with van der Waals surface area (Å²) in [6, 6.07) is 9.22. The molecule has 0 radical (unpaired) electrons. The number of hydrogen-bond donors (Lipinski definition) is 0. The topological polar surface area (TPSA) is 91.3 Å². The van der Waals surface area contributed by atoms with Crippen molar-refractivity contribution < 1.29 is 17.9 Å². The zero-order valence-electron chi connectivity index (χ0n) is 20.6. The number of hydrogen-bond acceptors (Lipinski definition) is 9. The second-order valence-electron chi connectivity index (χ2n) is 9.93. The Bertz CT molecular complexity index is 1160. The number of rotatable bonds is 6. The largest absolute Gasteiger partial charge is 0.493 e. The lowest BCUT2D eigenvalue weighted by Crippen LogP contribution is -2.49. The first-order valence-electron chi connectivity index (χ1n) is 13.0. The summed E-state index contributed by atoms with van der Waals surface area (Å²) in [7, 11) is -3.53. The van der Waals surface area contributed by atoms with Crippen LogP contribution < -0.4 is 14.5 Å². The molecule has 0 aliphatic carbocycles. The smallest absolute Gasteiger partial charge is 0.243 e. The zero-order chi connectivity index (χ0) is 24.5. The van der Waals surface area contributed by atoms with Crippen LogP contribution in [0.5, 0.6) is 5.75 Å². The van der Waals surface area contributed by atoms with E-state index in [0.717, 1.165) is 68.7 Å². The van der Waals surface area contributed by atoms with Gasteiger partial charge in [0, 0.05) is 71.9 Å². The highest BCUT2D eigenvalue weighted by Crippen LogP contribution is 2.29. The minimum Gasteiger partial charge on any atom is -0.493 e. The van der Waals surface area contributed by atoms with Crippen LogP contribution in [0.15, 0.2) is 35.2 Å². The van der Waals surface area contributed by atoms with Gasteiger partial charge < -0.3 is 19.3 Å². The lowest BCUT2D eigenvalue weighted by Gasteiger charge is -2.36. The Morgan fingerprint density at radius 1 is 0.861 bits per heavy atom. The van der Waals surface area contributed by atoms with Gasteiger partial charge in [0.1, 0.15) is 5.75 Å². The summed E-state index contributed by atoms with van der Waals surface area (Å²) in [4.78, 5) is 7.23. The Balaban J connectivity index is 1.02. The van der Waals surface area contributed by atoms with Gasteiger partial charge in [0.2, 0.25) is 10.0 Å². The van der Waals surface area contributed by atoms with E-state index in [2.05, 4.69) is 24.9 Å². The van der Waals surface area contributed by atoms with E-state index in [1.807, 2.05) is 12.1 Å². The van der Waals surface area contributed by atoms with Crippen molar-refractivity contribution in [2.75, 3.05) is 81.9 Å². The highest BCUT2D eigenvalue weighted by atomic mass is 32.2. The highest BCUT2D eigenvalue weighted by molar-refractivity contribution is 7.89. The van der Waals surface area contributed by atoms with Crippen LogP contribution in [-0.4, -0.2) is 106 Å². The van der Waals surface area contributed by atoms with Gasteiger partial charge in [-0.1, -0.05) is 0 Å². The number of aromatic nitrogens is 2. The predicted molar refractivity (Wildman–Crippen MR) is 136 cm³/mol. The molecule has 1 aromatic heterocycles. The van der Waals surface area contributed by atoms with Crippen LogP contribution in [0.2, 0.25) is 0 Å². The molecule has 3 saturated heterocycles. The average molecular weight is 515 g/mol. The van der Waals surface area contributed by atoms with E-state index in [4.69, 9.17) is 9.47 Å². The third kappa shape index (κ3) is 4.89. The number of piperazine rings is 2. The van der Waals surface area contributed by atoms with Crippen LogP contribution in [0.3, 0.4) is 0 Å². The maximum absolute atomic E-state index is 13.2. The standard InChI is InChI=1S/C25H34N6O4S/c32-36(33,22-3-4-23-20(18-22)7-17-35-23)31-14-12-30(13-15-31)25-6-5-24(26-27-25)29-10-8-28(9-11-29)19-21-2-1-16-34-21/h3-6,18,21H,1-2,7-17,19H2. The van der Waals surface area contributed by atoms with Crippen molar-refractivity contribution in [3.8, 4) is 5.75 Å². The van der Waals surface area contributed by atoms with Gasteiger partial charge in [-0.15, -0.1) is 10.2 Å². The van der Waals surface area contributed by atoms with Gasteiger partial charge in [0.05, 0.1) is 17.6 Å². The molecule has 0 N–H and O–H groups in total. The fourth-order valence-electron chi connectivity index (χ4n) is 5.52. The van der Waals surface area contributed by atoms with E-state index < -0.39 is 10.0 Å². The first-order valence-corrected chi connectivity index (χ1v) is 14.4. The van der Waals surface area contributed by atoms with Crippen molar-refractivity contribution in [2.45, 2.75) is 30.3 Å². The molecule has 36 heavy (non-hydrogen) atoms. The molecule has 0 amide bonds. The van der Waals surface area contributed by atoms with Gasteiger partial charge in [-0.2, -0.15) is 4.31 Å². The molecule has 10 nitrogen and oxygen atoms in total. The average Bonchev–Trinajstić information content (AvgIpc) is 3.61. The minimum absolute atomic E-state index is 0.347. The Morgan fingerprint density at radius 3 is 2.19 bits per heavy atom. The minimum atomic E-state index is -3.53. The van der Waals surface area contributed by atoms with Gasteiger partial charge >= 0.3 is 0 Å². The summed E-state index contributed by atoms with van der Waals surface area (Å²) in [6.07, 6.45) is 3.51. The Labute approximate surface area is 212 Å². The van der Waals surface area contributed by atoms with E-state index in [1.165, 1.54) is 12.8 Å². The molecule has 4 aliphatic heterocycles. The zero-order valence-corrected chi connectivity index (χ0v) is 21.4. The summed E-state index contributed by atoms with van der Waals surface area (Å²) in [6.45, 7) is 8.46. The lowest BCUT2D eigenvalue weighted by molar-refractivity contribution is 0.0712. The summed E-state index contributed by atoms with van der Waals surface area (Å²) >= 11 is 0. The van der Waals surface area contributed by atoms with Crippen LogP contribution in [0.25, 0.3) is 0 Å². The van der Waals surface area contributed by atoms with Gasteiger partial charge in [0.25, 0.3) is 0 Å². The number of anilines is 2. The molecule has 1 unspecified atom stereocenters. The fourth-order valence-corrected chi connectivity index (χ4v) is 6.99. The quantitative estimate of drug-likeness (QED) is 0.564. The summed E-state index contributed by atoms with van der Waals surface area (Å²) < 4.78 is 39.2. The predicted octanol–water partition coefficient (Wildman–Crippen LogP) is 1.22. The van der Waals surface area contributed by atoms with Crippen molar-refractivity contribution in [1.29, 1.82) is 0 Å². The second-order valence-corrected chi connectivity index (χ2v) is 11.9. The first kappa shape index (κ1) is 23.9. The second kappa shape index (κ2) is 10.1. The molecular formula is C25H34N6O4S. The van der Waals surface area contributed by atoms with E-state index in [1.54, 1.807) is 22.5 Å². The SMILES string of the molecule is O=S(=O)(c1ccc2c(c1)CCO2)N1CCN(c2ccc(N3CCN(CC4CCCO4)CC3)nn2)CC1. The Kier molecular flexibility index (Phi) is 6.72. The maximum atomic E-state index is 13.2. The molecule has 194 valence electrons. The fraction of sp³-hybridized carbons (Fsp3) is 0.600. The van der Waals surface area contributed by atoms with Crippen LogP contribution in [0.1, 0.15) is 18.4 Å². The third-order valence-corrected chi connectivity index (χ3v) is 9.57. The number of ether oxygens (including phenoxy) is 2. The number of fused-ring (bicyclic) bond motifs is 1. The number of benzene rings is 1. The molecule has 0 spiro atoms. The molecule has 1 aromatic carbocycles. The van der Waals surface area contributed by atoms with Crippen molar-refractivity contribution in [3.05, 3.63) is 35.9 Å².